The molecule has 7 heteroatoms. The second-order valence-electron chi connectivity index (χ2n) is 6.36. The van der Waals surface area contributed by atoms with Crippen LogP contribution in [0.3, 0.4) is 0 Å². The van der Waals surface area contributed by atoms with Crippen LogP contribution in [0.2, 0.25) is 0 Å². The molecule has 0 saturated heterocycles. The van der Waals surface area contributed by atoms with Gasteiger partial charge >= 0.3 is 0 Å². The van der Waals surface area contributed by atoms with Gasteiger partial charge in [-0.3, -0.25) is 4.79 Å². The molecule has 3 heterocycles. The third-order valence-corrected chi connectivity index (χ3v) is 4.80. The van der Waals surface area contributed by atoms with Crippen LogP contribution in [-0.4, -0.2) is 30.2 Å². The molecule has 1 atom stereocenters. The summed E-state index contributed by atoms with van der Waals surface area (Å²) in [6.07, 6.45) is 5.07. The van der Waals surface area contributed by atoms with Crippen molar-refractivity contribution >= 4 is 11.6 Å². The van der Waals surface area contributed by atoms with E-state index in [2.05, 4.69) is 20.4 Å². The molecular weight excluding hydrogens is 316 g/mol. The number of imidazole rings is 1. The number of hydrogen-bond acceptors (Lipinski definition) is 4. The summed E-state index contributed by atoms with van der Waals surface area (Å²) in [5, 5.41) is 7.16. The van der Waals surface area contributed by atoms with Crippen LogP contribution in [0.15, 0.2) is 36.9 Å². The lowest BCUT2D eigenvalue weighted by Crippen LogP contribution is -2.28. The first-order valence-corrected chi connectivity index (χ1v) is 8.43. The molecule has 1 unspecified atom stereocenters. The van der Waals surface area contributed by atoms with E-state index in [1.54, 1.807) is 0 Å². The highest BCUT2D eigenvalue weighted by Crippen LogP contribution is 2.26. The summed E-state index contributed by atoms with van der Waals surface area (Å²) >= 11 is 0. The number of benzene rings is 1. The van der Waals surface area contributed by atoms with Crippen molar-refractivity contribution in [2.24, 2.45) is 0 Å². The second-order valence-corrected chi connectivity index (χ2v) is 6.36. The summed E-state index contributed by atoms with van der Waals surface area (Å²) in [6, 6.07) is 7.78. The van der Waals surface area contributed by atoms with E-state index in [0.717, 1.165) is 48.0 Å². The number of aryl methyl sites for hydroxylation is 2. The molecule has 7 nitrogen and oxygen atoms in total. The maximum absolute atomic E-state index is 12.6. The standard InChI is InChI=1S/C18H20N6O/c1-12-13(2)23(11-20-12)15-7-5-14(6-8-15)22-18(25)16-4-3-9-24-17(16)19-10-21-24/h5-8,10-11,16H,3-4,9H2,1-2H3,(H,22,25). The molecule has 1 amide bonds. The van der Waals surface area contributed by atoms with Gasteiger partial charge in [0, 0.05) is 23.6 Å². The van der Waals surface area contributed by atoms with Crippen molar-refractivity contribution in [3.63, 3.8) is 0 Å². The lowest BCUT2D eigenvalue weighted by Gasteiger charge is -2.21. The zero-order valence-electron chi connectivity index (χ0n) is 14.3. The fraction of sp³-hybridized carbons (Fsp3) is 0.333. The topological polar surface area (TPSA) is 77.6 Å². The summed E-state index contributed by atoms with van der Waals surface area (Å²) in [5.41, 5.74) is 3.92. The maximum atomic E-state index is 12.6. The third kappa shape index (κ3) is 2.82. The average Bonchev–Trinajstić information content (AvgIpc) is 3.23. The van der Waals surface area contributed by atoms with Crippen LogP contribution in [0.4, 0.5) is 5.69 Å². The van der Waals surface area contributed by atoms with Gasteiger partial charge in [-0.05, 0) is 51.0 Å². The minimum atomic E-state index is -0.241. The first-order valence-electron chi connectivity index (χ1n) is 8.43. The van der Waals surface area contributed by atoms with E-state index in [1.165, 1.54) is 6.33 Å². The van der Waals surface area contributed by atoms with Gasteiger partial charge in [-0.1, -0.05) is 0 Å². The lowest BCUT2D eigenvalue weighted by atomic mass is 9.98. The Labute approximate surface area is 145 Å². The van der Waals surface area contributed by atoms with Gasteiger partial charge in [0.1, 0.15) is 12.2 Å². The molecule has 2 aromatic heterocycles. The molecule has 0 bridgehead atoms. The van der Waals surface area contributed by atoms with Gasteiger partial charge < -0.3 is 9.88 Å². The Hall–Kier alpha value is -2.96. The van der Waals surface area contributed by atoms with Crippen LogP contribution < -0.4 is 5.32 Å². The Bertz CT molecular complexity index is 908. The molecule has 4 rings (SSSR count). The third-order valence-electron chi connectivity index (χ3n) is 4.80. The van der Waals surface area contributed by atoms with E-state index in [-0.39, 0.29) is 11.8 Å². The van der Waals surface area contributed by atoms with E-state index in [4.69, 9.17) is 0 Å². The fourth-order valence-corrected chi connectivity index (χ4v) is 3.23. The van der Waals surface area contributed by atoms with E-state index in [0.29, 0.717) is 0 Å². The van der Waals surface area contributed by atoms with Gasteiger partial charge in [-0.2, -0.15) is 5.10 Å². The highest BCUT2D eigenvalue weighted by molar-refractivity contribution is 5.95. The molecule has 128 valence electrons. The number of aromatic nitrogens is 5. The quantitative estimate of drug-likeness (QED) is 0.797. The predicted molar refractivity (Wildman–Crippen MR) is 93.7 cm³/mol. The number of hydrogen-bond donors (Lipinski definition) is 1. The number of nitrogens with zero attached hydrogens (tertiary/aromatic N) is 5. The molecule has 25 heavy (non-hydrogen) atoms. The second kappa shape index (κ2) is 6.16. The number of rotatable bonds is 3. The minimum Gasteiger partial charge on any atom is -0.325 e. The summed E-state index contributed by atoms with van der Waals surface area (Å²) in [5.74, 6) is 0.482. The molecule has 1 aromatic carbocycles. The Balaban J connectivity index is 1.50. The highest BCUT2D eigenvalue weighted by atomic mass is 16.1. The molecule has 0 fully saturated rings. The van der Waals surface area contributed by atoms with Crippen LogP contribution in [0.1, 0.15) is 36.0 Å². The van der Waals surface area contributed by atoms with Crippen molar-refractivity contribution in [1.82, 2.24) is 24.3 Å². The molecule has 1 aliphatic heterocycles. The fourth-order valence-electron chi connectivity index (χ4n) is 3.23. The normalized spacial score (nSPS) is 16.5. The number of nitrogens with one attached hydrogen (secondary N) is 1. The summed E-state index contributed by atoms with van der Waals surface area (Å²) < 4.78 is 3.85. The number of fused-ring (bicyclic) bond motifs is 1. The zero-order chi connectivity index (χ0) is 17.4. The summed E-state index contributed by atoms with van der Waals surface area (Å²) in [4.78, 5) is 21.2. The zero-order valence-corrected chi connectivity index (χ0v) is 14.3. The smallest absolute Gasteiger partial charge is 0.235 e. The largest absolute Gasteiger partial charge is 0.325 e. The van der Waals surface area contributed by atoms with E-state index in [9.17, 15) is 4.79 Å². The first-order chi connectivity index (χ1) is 12.1. The van der Waals surface area contributed by atoms with E-state index >= 15 is 0 Å². The SMILES string of the molecule is Cc1ncn(-c2ccc(NC(=O)C3CCCn4ncnc43)cc2)c1C. The van der Waals surface area contributed by atoms with Crippen molar-refractivity contribution in [3.8, 4) is 5.69 Å². The van der Waals surface area contributed by atoms with Crippen LogP contribution in [0.25, 0.3) is 5.69 Å². The Kier molecular flexibility index (Phi) is 3.83. The van der Waals surface area contributed by atoms with Gasteiger partial charge in [0.15, 0.2) is 0 Å². The molecule has 0 radical (unpaired) electrons. The summed E-state index contributed by atoms with van der Waals surface area (Å²) in [7, 11) is 0. The van der Waals surface area contributed by atoms with Crippen molar-refractivity contribution in [2.75, 3.05) is 5.32 Å². The number of carbonyl (C=O) groups is 1. The summed E-state index contributed by atoms with van der Waals surface area (Å²) in [6.45, 7) is 4.86. The van der Waals surface area contributed by atoms with E-state index in [1.807, 2.05) is 53.7 Å². The molecule has 1 aliphatic rings. The number of anilines is 1. The van der Waals surface area contributed by atoms with Gasteiger partial charge in [0.2, 0.25) is 5.91 Å². The molecular formula is C18H20N6O. The molecule has 3 aromatic rings. The van der Waals surface area contributed by atoms with Crippen LogP contribution in [-0.2, 0) is 11.3 Å². The van der Waals surface area contributed by atoms with Crippen LogP contribution >= 0.6 is 0 Å². The number of amides is 1. The lowest BCUT2D eigenvalue weighted by molar-refractivity contribution is -0.118. The first kappa shape index (κ1) is 15.6. The van der Waals surface area contributed by atoms with Gasteiger partial charge in [0.25, 0.3) is 0 Å². The van der Waals surface area contributed by atoms with Gasteiger partial charge in [0.05, 0.1) is 17.9 Å². The Morgan fingerprint density at radius 2 is 2.00 bits per heavy atom. The minimum absolute atomic E-state index is 0.0312. The van der Waals surface area contributed by atoms with Crippen LogP contribution in [0.5, 0.6) is 0 Å². The van der Waals surface area contributed by atoms with Gasteiger partial charge in [-0.25, -0.2) is 14.6 Å². The van der Waals surface area contributed by atoms with Crippen molar-refractivity contribution in [2.45, 2.75) is 39.2 Å². The van der Waals surface area contributed by atoms with Crippen molar-refractivity contribution in [3.05, 3.63) is 54.1 Å². The molecule has 1 N–H and O–H groups in total. The van der Waals surface area contributed by atoms with Crippen LogP contribution in [0, 0.1) is 13.8 Å². The van der Waals surface area contributed by atoms with Crippen molar-refractivity contribution in [1.29, 1.82) is 0 Å². The average molecular weight is 336 g/mol. The highest BCUT2D eigenvalue weighted by Gasteiger charge is 2.28. The number of carbonyl (C=O) groups excluding carboxylic acids is 1. The molecule has 0 aliphatic carbocycles. The predicted octanol–water partition coefficient (Wildman–Crippen LogP) is 2.60. The monoisotopic (exact) mass is 336 g/mol. The van der Waals surface area contributed by atoms with E-state index < -0.39 is 0 Å². The Morgan fingerprint density at radius 3 is 2.72 bits per heavy atom. The molecule has 0 saturated carbocycles. The Morgan fingerprint density at radius 1 is 1.20 bits per heavy atom. The maximum Gasteiger partial charge on any atom is 0.235 e. The van der Waals surface area contributed by atoms with Gasteiger partial charge in [-0.15, -0.1) is 0 Å². The van der Waals surface area contributed by atoms with Crippen molar-refractivity contribution < 1.29 is 4.79 Å². The molecule has 0 spiro atoms.